The maximum atomic E-state index is 2.60. The monoisotopic (exact) mass is 543 g/mol. The van der Waals surface area contributed by atoms with Gasteiger partial charge in [0.1, 0.15) is 6.54 Å². The first-order chi connectivity index (χ1) is 19.4. The first-order valence-corrected chi connectivity index (χ1v) is 16.6. The molecule has 0 atom stereocenters. The van der Waals surface area contributed by atoms with Crippen LogP contribution in [-0.2, 0) is 5.41 Å². The Morgan fingerprint density at radius 1 is 0.625 bits per heavy atom. The largest absolute Gasteiger partial charge is 0.378 e. The van der Waals surface area contributed by atoms with Crippen molar-refractivity contribution in [2.75, 3.05) is 25.5 Å². The van der Waals surface area contributed by atoms with Crippen LogP contribution in [0.3, 0.4) is 0 Å². The molecule has 0 saturated carbocycles. The molecule has 2 aromatic carbocycles. The van der Waals surface area contributed by atoms with E-state index in [0.717, 1.165) is 6.54 Å². The Morgan fingerprint density at radius 3 is 1.65 bits per heavy atom. The molecule has 0 unspecified atom stereocenters. The van der Waals surface area contributed by atoms with Gasteiger partial charge < -0.3 is 4.90 Å². The molecule has 0 aliphatic carbocycles. The number of hydrogen-bond donors (Lipinski definition) is 0. The zero-order chi connectivity index (χ0) is 28.6. The number of rotatable bonds is 20. The van der Waals surface area contributed by atoms with Crippen molar-refractivity contribution in [3.05, 3.63) is 65.7 Å². The van der Waals surface area contributed by atoms with Crippen LogP contribution in [0.15, 0.2) is 54.6 Å². The van der Waals surface area contributed by atoms with Crippen molar-refractivity contribution in [3.63, 3.8) is 0 Å². The van der Waals surface area contributed by atoms with Crippen molar-refractivity contribution in [3.8, 4) is 0 Å². The van der Waals surface area contributed by atoms with Crippen molar-refractivity contribution >= 4 is 23.2 Å². The van der Waals surface area contributed by atoms with Crippen molar-refractivity contribution in [1.82, 2.24) is 0 Å². The van der Waals surface area contributed by atoms with Gasteiger partial charge in [-0.15, -0.1) is 0 Å². The molecule has 0 spiro atoms. The summed E-state index contributed by atoms with van der Waals surface area (Å²) in [4.78, 5) is 2.15. The van der Waals surface area contributed by atoms with Gasteiger partial charge in [0.25, 0.3) is 0 Å². The molecule has 2 nitrogen and oxygen atoms in total. The quantitative estimate of drug-likeness (QED) is 0.119. The molecule has 0 saturated heterocycles. The summed E-state index contributed by atoms with van der Waals surface area (Å²) in [5.74, 6) is 0. The zero-order valence-corrected chi connectivity index (χ0v) is 26.7. The number of nitrogens with zero attached hydrogens (tertiary/aromatic N) is 2. The zero-order valence-electron chi connectivity index (χ0n) is 26.7. The molecule has 220 valence electrons. The van der Waals surface area contributed by atoms with Gasteiger partial charge in [0.2, 0.25) is 5.69 Å². The Balaban J connectivity index is 1.40. The minimum absolute atomic E-state index is 0.0196. The molecule has 0 fully saturated rings. The molecule has 0 aromatic heterocycles. The van der Waals surface area contributed by atoms with Crippen LogP contribution < -0.4 is 4.90 Å². The first-order valence-electron chi connectivity index (χ1n) is 16.6. The summed E-state index contributed by atoms with van der Waals surface area (Å²) in [6.07, 6.45) is 27.3. The fourth-order valence-electron chi connectivity index (χ4n) is 6.26. The summed E-state index contributed by atoms with van der Waals surface area (Å²) in [5, 5.41) is 0. The third kappa shape index (κ3) is 9.93. The van der Waals surface area contributed by atoms with Crippen LogP contribution in [0.2, 0.25) is 0 Å². The van der Waals surface area contributed by atoms with Crippen molar-refractivity contribution in [2.24, 2.45) is 0 Å². The van der Waals surface area contributed by atoms with E-state index in [0.29, 0.717) is 0 Å². The maximum absolute atomic E-state index is 2.60. The predicted molar refractivity (Wildman–Crippen MR) is 179 cm³/mol. The molecule has 0 bridgehead atoms. The van der Waals surface area contributed by atoms with Crippen molar-refractivity contribution in [2.45, 2.75) is 129 Å². The number of unbranched alkanes of at least 4 members (excludes halogenated alkanes) is 15. The maximum Gasteiger partial charge on any atom is 0.209 e. The SMILES string of the molecule is CCCCCCCCCCCCCCCCCC[N+]1=C(C=Cc2ccc(N(C)C)cc2)C(C)(C)c2ccccc21. The Kier molecular flexibility index (Phi) is 14.0. The van der Waals surface area contributed by atoms with E-state index in [1.54, 1.807) is 0 Å². The van der Waals surface area contributed by atoms with Crippen LogP contribution in [0.4, 0.5) is 11.4 Å². The fourth-order valence-corrected chi connectivity index (χ4v) is 6.26. The molecule has 0 amide bonds. The van der Waals surface area contributed by atoms with Gasteiger partial charge in [-0.3, -0.25) is 0 Å². The highest BCUT2D eigenvalue weighted by Crippen LogP contribution is 2.40. The third-order valence-corrected chi connectivity index (χ3v) is 8.88. The second kappa shape index (κ2) is 17.5. The minimum atomic E-state index is 0.0196. The molecule has 1 heterocycles. The van der Waals surface area contributed by atoms with Gasteiger partial charge in [0.05, 0.1) is 5.41 Å². The molecule has 40 heavy (non-hydrogen) atoms. The highest BCUT2D eigenvalue weighted by Gasteiger charge is 2.43. The lowest BCUT2D eigenvalue weighted by atomic mass is 9.81. The van der Waals surface area contributed by atoms with Crippen LogP contribution in [0.25, 0.3) is 6.08 Å². The number of hydrogen-bond acceptors (Lipinski definition) is 1. The second-order valence-corrected chi connectivity index (χ2v) is 12.8. The van der Waals surface area contributed by atoms with E-state index >= 15 is 0 Å². The summed E-state index contributed by atoms with van der Waals surface area (Å²) < 4.78 is 2.60. The van der Waals surface area contributed by atoms with E-state index in [1.807, 2.05) is 0 Å². The third-order valence-electron chi connectivity index (χ3n) is 8.88. The molecular weight excluding hydrogens is 484 g/mol. The Bertz CT molecular complexity index is 1040. The molecule has 2 aromatic rings. The van der Waals surface area contributed by atoms with Crippen LogP contribution >= 0.6 is 0 Å². The lowest BCUT2D eigenvalue weighted by Gasteiger charge is -2.15. The highest BCUT2D eigenvalue weighted by atomic mass is 15.1. The van der Waals surface area contributed by atoms with E-state index < -0.39 is 0 Å². The van der Waals surface area contributed by atoms with Gasteiger partial charge in [0.15, 0.2) is 5.71 Å². The summed E-state index contributed by atoms with van der Waals surface area (Å²) >= 11 is 0. The smallest absolute Gasteiger partial charge is 0.209 e. The number of anilines is 1. The fraction of sp³-hybridized carbons (Fsp3) is 0.605. The van der Waals surface area contributed by atoms with Crippen LogP contribution in [0, 0.1) is 0 Å². The Morgan fingerprint density at radius 2 is 1.12 bits per heavy atom. The van der Waals surface area contributed by atoms with Crippen LogP contribution in [0.1, 0.15) is 135 Å². The standard InChI is InChI=1S/C38H59N2/c1-6-7-8-9-10-11-12-13-14-15-16-17-18-19-20-23-32-40-36-25-22-21-24-35(36)38(2,3)37(40)31-28-33-26-29-34(30-27-33)39(4)5/h21-22,24-31H,6-20,23,32H2,1-5H3/q+1. The van der Waals surface area contributed by atoms with Gasteiger partial charge in [-0.2, -0.15) is 4.58 Å². The van der Waals surface area contributed by atoms with Crippen molar-refractivity contribution in [1.29, 1.82) is 0 Å². The number of benzene rings is 2. The summed E-state index contributed by atoms with van der Waals surface area (Å²) in [5.41, 5.74) is 6.79. The van der Waals surface area contributed by atoms with E-state index in [2.05, 4.69) is 105 Å². The summed E-state index contributed by atoms with van der Waals surface area (Å²) in [6, 6.07) is 17.9. The van der Waals surface area contributed by atoms with Gasteiger partial charge in [0, 0.05) is 43.9 Å². The predicted octanol–water partition coefficient (Wildman–Crippen LogP) is 11.1. The van der Waals surface area contributed by atoms with E-state index in [9.17, 15) is 0 Å². The van der Waals surface area contributed by atoms with Crippen LogP contribution in [-0.4, -0.2) is 30.9 Å². The van der Waals surface area contributed by atoms with Gasteiger partial charge in [-0.25, -0.2) is 0 Å². The molecule has 1 aliphatic heterocycles. The van der Waals surface area contributed by atoms with Gasteiger partial charge >= 0.3 is 0 Å². The van der Waals surface area contributed by atoms with E-state index in [-0.39, 0.29) is 5.41 Å². The summed E-state index contributed by atoms with van der Waals surface area (Å²) in [6.45, 7) is 8.18. The van der Waals surface area contributed by atoms with Gasteiger partial charge in [-0.1, -0.05) is 127 Å². The number of fused-ring (bicyclic) bond motifs is 1. The Labute approximate surface area is 247 Å². The highest BCUT2D eigenvalue weighted by molar-refractivity contribution is 6.05. The van der Waals surface area contributed by atoms with Gasteiger partial charge in [-0.05, 0) is 44.0 Å². The number of allylic oxidation sites excluding steroid dienone is 1. The molecular formula is C38H59N2+. The topological polar surface area (TPSA) is 6.25 Å². The van der Waals surface area contributed by atoms with Crippen molar-refractivity contribution < 1.29 is 4.58 Å². The first kappa shape index (κ1) is 32.2. The second-order valence-electron chi connectivity index (χ2n) is 12.8. The average Bonchev–Trinajstić information content (AvgIpc) is 3.17. The normalized spacial score (nSPS) is 14.3. The number of para-hydroxylation sites is 1. The molecule has 0 radical (unpaired) electrons. The van der Waals surface area contributed by atoms with Crippen LogP contribution in [0.5, 0.6) is 0 Å². The molecule has 3 rings (SSSR count). The lowest BCUT2D eigenvalue weighted by molar-refractivity contribution is -0.438. The molecule has 1 aliphatic rings. The lowest BCUT2D eigenvalue weighted by Crippen LogP contribution is -2.27. The molecule has 2 heteroatoms. The molecule has 0 N–H and O–H groups in total. The Hall–Kier alpha value is -2.35. The minimum Gasteiger partial charge on any atom is -0.378 e. The van der Waals surface area contributed by atoms with E-state index in [1.165, 1.54) is 131 Å². The van der Waals surface area contributed by atoms with E-state index in [4.69, 9.17) is 0 Å². The average molecular weight is 544 g/mol. The summed E-state index contributed by atoms with van der Waals surface area (Å²) in [7, 11) is 4.19.